The molecule has 0 radical (unpaired) electrons. The molecule has 0 fully saturated rings. The van der Waals surface area contributed by atoms with Crippen molar-refractivity contribution < 1.29 is 9.53 Å². The van der Waals surface area contributed by atoms with Crippen molar-refractivity contribution in [1.82, 2.24) is 20.5 Å². The summed E-state index contributed by atoms with van der Waals surface area (Å²) >= 11 is 1.36. The van der Waals surface area contributed by atoms with Gasteiger partial charge in [-0.1, -0.05) is 0 Å². The maximum Gasteiger partial charge on any atom is 0.350 e. The summed E-state index contributed by atoms with van der Waals surface area (Å²) in [4.78, 5) is 23.5. The van der Waals surface area contributed by atoms with E-state index in [1.165, 1.54) is 11.3 Å². The highest BCUT2D eigenvalue weighted by Gasteiger charge is 2.20. The van der Waals surface area contributed by atoms with E-state index in [2.05, 4.69) is 46.4 Å². The second kappa shape index (κ2) is 10.4. The van der Waals surface area contributed by atoms with Crippen molar-refractivity contribution in [3.05, 3.63) is 15.6 Å². The second-order valence-electron chi connectivity index (χ2n) is 6.13. The number of likely N-dealkylation sites (N-methyl/N-ethyl adjacent to an activating group) is 1. The van der Waals surface area contributed by atoms with Crippen LogP contribution < -0.4 is 10.6 Å². The fourth-order valence-corrected chi connectivity index (χ4v) is 3.02. The van der Waals surface area contributed by atoms with E-state index < -0.39 is 0 Å². The zero-order chi connectivity index (χ0) is 19.0. The minimum absolute atomic E-state index is 0.0547. The van der Waals surface area contributed by atoms with Gasteiger partial charge in [-0.15, -0.1) is 11.3 Å². The molecule has 142 valence electrons. The van der Waals surface area contributed by atoms with Gasteiger partial charge in [0, 0.05) is 26.2 Å². The molecule has 8 heteroatoms. The van der Waals surface area contributed by atoms with E-state index in [1.807, 2.05) is 13.8 Å². The highest BCUT2D eigenvalue weighted by atomic mass is 32.1. The Bertz CT molecular complexity index is 586. The third-order valence-corrected chi connectivity index (χ3v) is 5.18. The number of thiazole rings is 1. The molecule has 0 saturated carbocycles. The number of nitrogens with one attached hydrogen (secondary N) is 2. The van der Waals surface area contributed by atoms with Crippen molar-refractivity contribution in [2.45, 2.75) is 46.7 Å². The lowest BCUT2D eigenvalue weighted by molar-refractivity contribution is 0.0531. The van der Waals surface area contributed by atoms with Crippen molar-refractivity contribution in [3.63, 3.8) is 0 Å². The van der Waals surface area contributed by atoms with E-state index in [0.717, 1.165) is 24.1 Å². The molecule has 1 atom stereocenters. The smallest absolute Gasteiger partial charge is 0.350 e. The van der Waals surface area contributed by atoms with Crippen molar-refractivity contribution >= 4 is 23.3 Å². The number of hydrogen-bond acceptors (Lipinski definition) is 6. The van der Waals surface area contributed by atoms with Crippen LogP contribution in [0.2, 0.25) is 0 Å². The summed E-state index contributed by atoms with van der Waals surface area (Å²) in [5.41, 5.74) is 0.702. The molecule has 25 heavy (non-hydrogen) atoms. The molecule has 0 saturated heterocycles. The summed E-state index contributed by atoms with van der Waals surface area (Å²) in [6.45, 7) is 12.0. The van der Waals surface area contributed by atoms with Gasteiger partial charge in [0.25, 0.3) is 0 Å². The second-order valence-corrected chi connectivity index (χ2v) is 7.16. The molecule has 1 unspecified atom stereocenters. The van der Waals surface area contributed by atoms with Gasteiger partial charge in [-0.25, -0.2) is 9.78 Å². The third-order valence-electron chi connectivity index (χ3n) is 3.86. The Balaban J connectivity index is 2.63. The summed E-state index contributed by atoms with van der Waals surface area (Å²) in [5, 5.41) is 7.45. The van der Waals surface area contributed by atoms with Crippen LogP contribution >= 0.6 is 11.3 Å². The molecule has 1 aromatic heterocycles. The van der Waals surface area contributed by atoms with E-state index in [1.54, 1.807) is 14.0 Å². The molecule has 0 aliphatic heterocycles. The molecule has 0 bridgehead atoms. The van der Waals surface area contributed by atoms with Crippen LogP contribution in [0.15, 0.2) is 4.99 Å². The van der Waals surface area contributed by atoms with Gasteiger partial charge in [-0.05, 0) is 41.7 Å². The molecular weight excluding hydrogens is 338 g/mol. The molecule has 0 amide bonds. The Kier molecular flexibility index (Phi) is 8.85. The molecule has 0 spiro atoms. The normalized spacial score (nSPS) is 13.2. The van der Waals surface area contributed by atoms with Gasteiger partial charge >= 0.3 is 5.97 Å². The van der Waals surface area contributed by atoms with Crippen LogP contribution in [-0.2, 0) is 4.74 Å². The van der Waals surface area contributed by atoms with Gasteiger partial charge in [-0.3, -0.25) is 4.99 Å². The molecule has 1 aromatic rings. The van der Waals surface area contributed by atoms with E-state index >= 15 is 0 Å². The highest BCUT2D eigenvalue weighted by molar-refractivity contribution is 7.13. The number of guanidine groups is 1. The molecule has 0 aromatic carbocycles. The van der Waals surface area contributed by atoms with Crippen molar-refractivity contribution in [1.29, 1.82) is 0 Å². The van der Waals surface area contributed by atoms with Gasteiger partial charge in [0.15, 0.2) is 5.96 Å². The van der Waals surface area contributed by atoms with Crippen molar-refractivity contribution in [2.24, 2.45) is 4.99 Å². The number of rotatable bonds is 8. The topological polar surface area (TPSA) is 78.8 Å². The van der Waals surface area contributed by atoms with Gasteiger partial charge in [0.1, 0.15) is 9.88 Å². The van der Waals surface area contributed by atoms with Gasteiger partial charge in [-0.2, -0.15) is 0 Å². The zero-order valence-corrected chi connectivity index (χ0v) is 17.2. The quantitative estimate of drug-likeness (QED) is 0.415. The van der Waals surface area contributed by atoms with E-state index in [9.17, 15) is 4.79 Å². The number of ether oxygens (including phenoxy) is 1. The molecule has 2 N–H and O–H groups in total. The van der Waals surface area contributed by atoms with Crippen molar-refractivity contribution in [3.8, 4) is 0 Å². The Hall–Kier alpha value is -1.67. The largest absolute Gasteiger partial charge is 0.462 e. The summed E-state index contributed by atoms with van der Waals surface area (Å²) in [5.74, 6) is 0.408. The first kappa shape index (κ1) is 21.4. The number of aliphatic imine (C=N–C) groups is 1. The predicted molar refractivity (Wildman–Crippen MR) is 103 cm³/mol. The fourth-order valence-electron chi connectivity index (χ4n) is 2.06. The molecular formula is C17H31N5O2S. The predicted octanol–water partition coefficient (Wildman–Crippen LogP) is 2.19. The SMILES string of the molecule is CCOC(=O)c1sc(C(C)NC(=NC)NCCN(C)C(C)C)nc1C. The van der Waals surface area contributed by atoms with Gasteiger partial charge in [0.2, 0.25) is 0 Å². The maximum absolute atomic E-state index is 11.9. The standard InChI is InChI=1S/C17H31N5O2S/c1-8-24-16(23)14-12(4)20-15(25-14)13(5)21-17(18-6)19-9-10-22(7)11(2)3/h11,13H,8-10H2,1-7H3,(H2,18,19,21). The minimum Gasteiger partial charge on any atom is -0.462 e. The monoisotopic (exact) mass is 369 g/mol. The Morgan fingerprint density at radius 1 is 1.40 bits per heavy atom. The summed E-state index contributed by atoms with van der Waals surface area (Å²) in [7, 11) is 3.84. The van der Waals surface area contributed by atoms with E-state index in [4.69, 9.17) is 4.74 Å². The maximum atomic E-state index is 11.9. The number of carbonyl (C=O) groups excluding carboxylic acids is 1. The van der Waals surface area contributed by atoms with E-state index in [0.29, 0.717) is 23.2 Å². The van der Waals surface area contributed by atoms with Crippen LogP contribution in [0.5, 0.6) is 0 Å². The number of carbonyl (C=O) groups is 1. The number of hydrogen-bond donors (Lipinski definition) is 2. The Morgan fingerprint density at radius 3 is 2.64 bits per heavy atom. The first-order valence-corrected chi connectivity index (χ1v) is 9.43. The first-order chi connectivity index (χ1) is 11.8. The van der Waals surface area contributed by atoms with Gasteiger partial charge < -0.3 is 20.3 Å². The van der Waals surface area contributed by atoms with Crippen LogP contribution in [-0.4, -0.2) is 61.6 Å². The number of aryl methyl sites for hydroxylation is 1. The van der Waals surface area contributed by atoms with Crippen LogP contribution in [0.3, 0.4) is 0 Å². The lowest BCUT2D eigenvalue weighted by atomic mass is 10.3. The molecule has 1 heterocycles. The first-order valence-electron chi connectivity index (χ1n) is 8.61. The molecule has 1 rings (SSSR count). The average molecular weight is 370 g/mol. The summed E-state index contributed by atoms with van der Waals surface area (Å²) in [6, 6.07) is 0.455. The van der Waals surface area contributed by atoms with Crippen LogP contribution in [0, 0.1) is 6.92 Å². The third kappa shape index (κ3) is 6.62. The summed E-state index contributed by atoms with van der Waals surface area (Å²) < 4.78 is 5.07. The number of nitrogens with zero attached hydrogens (tertiary/aromatic N) is 3. The minimum atomic E-state index is -0.310. The Morgan fingerprint density at radius 2 is 2.08 bits per heavy atom. The lowest BCUT2D eigenvalue weighted by Crippen LogP contribution is -2.42. The average Bonchev–Trinajstić information content (AvgIpc) is 2.95. The van der Waals surface area contributed by atoms with Crippen LogP contribution in [0.25, 0.3) is 0 Å². The number of aromatic nitrogens is 1. The molecule has 0 aliphatic carbocycles. The molecule has 0 aliphatic rings. The van der Waals surface area contributed by atoms with E-state index in [-0.39, 0.29) is 12.0 Å². The van der Waals surface area contributed by atoms with Gasteiger partial charge in [0.05, 0.1) is 18.3 Å². The number of esters is 1. The lowest BCUT2D eigenvalue weighted by Gasteiger charge is -2.22. The highest BCUT2D eigenvalue weighted by Crippen LogP contribution is 2.24. The van der Waals surface area contributed by atoms with Crippen molar-refractivity contribution in [2.75, 3.05) is 33.8 Å². The Labute approximate surface area is 154 Å². The van der Waals surface area contributed by atoms with Crippen LogP contribution in [0.4, 0.5) is 0 Å². The zero-order valence-electron chi connectivity index (χ0n) is 16.3. The van der Waals surface area contributed by atoms with Crippen LogP contribution in [0.1, 0.15) is 54.1 Å². The summed E-state index contributed by atoms with van der Waals surface area (Å²) in [6.07, 6.45) is 0. The molecule has 7 nitrogen and oxygen atoms in total. The fraction of sp³-hybridized carbons (Fsp3) is 0.706.